The van der Waals surface area contributed by atoms with Crippen LogP contribution in [-0.4, -0.2) is 74.7 Å². The first kappa shape index (κ1) is 21.3. The van der Waals surface area contributed by atoms with Crippen LogP contribution in [0.1, 0.15) is 44.6 Å². The van der Waals surface area contributed by atoms with Crippen LogP contribution in [0.15, 0.2) is 31.0 Å². The Labute approximate surface area is 182 Å². The van der Waals surface area contributed by atoms with Gasteiger partial charge in [0.05, 0.1) is 23.9 Å². The van der Waals surface area contributed by atoms with Gasteiger partial charge in [0, 0.05) is 51.2 Å². The molecule has 3 amide bonds. The first-order chi connectivity index (χ1) is 15.0. The number of rotatable bonds is 4. The second-order valence-electron chi connectivity index (χ2n) is 8.78. The fraction of sp³-hybridized carbons (Fsp3) is 0.591. The predicted molar refractivity (Wildman–Crippen MR) is 116 cm³/mol. The lowest BCUT2D eigenvalue weighted by atomic mass is 9.90. The van der Waals surface area contributed by atoms with Gasteiger partial charge in [0.15, 0.2) is 0 Å². The van der Waals surface area contributed by atoms with Gasteiger partial charge in [-0.25, -0.2) is 14.8 Å². The molecule has 1 unspecified atom stereocenters. The highest BCUT2D eigenvalue weighted by Crippen LogP contribution is 2.30. The average molecular weight is 426 g/mol. The molecule has 166 valence electrons. The smallest absolute Gasteiger partial charge is 0.319 e. The van der Waals surface area contributed by atoms with Crippen LogP contribution in [0.3, 0.4) is 0 Å². The lowest BCUT2D eigenvalue weighted by Gasteiger charge is -2.35. The van der Waals surface area contributed by atoms with Crippen molar-refractivity contribution in [1.29, 1.82) is 0 Å². The van der Waals surface area contributed by atoms with Crippen molar-refractivity contribution in [2.24, 2.45) is 5.92 Å². The first-order valence-electron chi connectivity index (χ1n) is 11.1. The molecule has 2 aromatic heterocycles. The fourth-order valence-electron chi connectivity index (χ4n) is 4.58. The van der Waals surface area contributed by atoms with E-state index in [4.69, 9.17) is 0 Å². The van der Waals surface area contributed by atoms with Gasteiger partial charge in [0.1, 0.15) is 6.33 Å². The van der Waals surface area contributed by atoms with E-state index in [-0.39, 0.29) is 23.9 Å². The van der Waals surface area contributed by atoms with Crippen molar-refractivity contribution in [2.45, 2.75) is 50.6 Å². The Kier molecular flexibility index (Phi) is 6.48. The van der Waals surface area contributed by atoms with Gasteiger partial charge in [-0.3, -0.25) is 9.48 Å². The Hall–Kier alpha value is -2.97. The van der Waals surface area contributed by atoms with E-state index < -0.39 is 0 Å². The summed E-state index contributed by atoms with van der Waals surface area (Å²) in [5.74, 6) is -0.0262. The van der Waals surface area contributed by atoms with E-state index in [1.807, 2.05) is 23.1 Å². The number of aromatic nitrogens is 4. The van der Waals surface area contributed by atoms with Gasteiger partial charge in [-0.1, -0.05) is 0 Å². The minimum atomic E-state index is -0.114. The van der Waals surface area contributed by atoms with Crippen molar-refractivity contribution in [1.82, 2.24) is 34.9 Å². The van der Waals surface area contributed by atoms with E-state index in [9.17, 15) is 9.59 Å². The Bertz CT molecular complexity index is 890. The molecule has 1 aliphatic carbocycles. The summed E-state index contributed by atoms with van der Waals surface area (Å²) in [5, 5.41) is 7.79. The van der Waals surface area contributed by atoms with Crippen molar-refractivity contribution in [2.75, 3.05) is 27.2 Å². The summed E-state index contributed by atoms with van der Waals surface area (Å²) in [4.78, 5) is 36.7. The van der Waals surface area contributed by atoms with Crippen LogP contribution in [0.2, 0.25) is 0 Å². The van der Waals surface area contributed by atoms with Crippen LogP contribution in [0, 0.1) is 5.92 Å². The Morgan fingerprint density at radius 3 is 2.68 bits per heavy atom. The number of nitrogens with one attached hydrogen (secondary N) is 1. The molecule has 2 aromatic rings. The molecule has 31 heavy (non-hydrogen) atoms. The SMILES string of the molecule is CN(C)C(=O)N1CCCC(C(=O)NC2CCC(n3cc(-c4ccncn4)cn3)CC2)C1. The maximum atomic E-state index is 12.8. The van der Waals surface area contributed by atoms with Crippen molar-refractivity contribution >= 4 is 11.9 Å². The van der Waals surface area contributed by atoms with Crippen molar-refractivity contribution < 1.29 is 9.59 Å². The number of amides is 3. The number of hydrogen-bond donors (Lipinski definition) is 1. The van der Waals surface area contributed by atoms with Gasteiger partial charge in [-0.05, 0) is 44.6 Å². The average Bonchev–Trinajstić information content (AvgIpc) is 3.30. The minimum absolute atomic E-state index is 0.0152. The number of urea groups is 1. The zero-order valence-corrected chi connectivity index (χ0v) is 18.3. The van der Waals surface area contributed by atoms with E-state index in [0.717, 1.165) is 56.3 Å². The van der Waals surface area contributed by atoms with Crippen molar-refractivity contribution in [3.8, 4) is 11.3 Å². The lowest BCUT2D eigenvalue weighted by Crippen LogP contribution is -2.50. The molecule has 2 aliphatic rings. The van der Waals surface area contributed by atoms with E-state index in [2.05, 4.69) is 20.4 Å². The third-order valence-corrected chi connectivity index (χ3v) is 6.34. The maximum Gasteiger partial charge on any atom is 0.319 e. The molecule has 1 saturated carbocycles. The predicted octanol–water partition coefficient (Wildman–Crippen LogP) is 2.33. The lowest BCUT2D eigenvalue weighted by molar-refractivity contribution is -0.127. The van der Waals surface area contributed by atoms with Crippen LogP contribution in [0.5, 0.6) is 0 Å². The van der Waals surface area contributed by atoms with Crippen LogP contribution in [0.25, 0.3) is 11.3 Å². The van der Waals surface area contributed by atoms with Crippen LogP contribution >= 0.6 is 0 Å². The summed E-state index contributed by atoms with van der Waals surface area (Å²) in [6.45, 7) is 1.24. The fourth-order valence-corrected chi connectivity index (χ4v) is 4.58. The van der Waals surface area contributed by atoms with E-state index in [0.29, 0.717) is 12.6 Å². The molecule has 0 aromatic carbocycles. The number of carbonyl (C=O) groups is 2. The third-order valence-electron chi connectivity index (χ3n) is 6.34. The van der Waals surface area contributed by atoms with Crippen LogP contribution < -0.4 is 5.32 Å². The standard InChI is InChI=1S/C22H31N7O2/c1-27(2)22(31)28-11-3-4-16(13-28)21(30)26-18-5-7-19(8-6-18)29-14-17(12-25-29)20-9-10-23-15-24-20/h9-10,12,14-16,18-19H,3-8,11,13H2,1-2H3,(H,26,30). The highest BCUT2D eigenvalue weighted by molar-refractivity contribution is 5.81. The second-order valence-corrected chi connectivity index (χ2v) is 8.78. The summed E-state index contributed by atoms with van der Waals surface area (Å²) in [6, 6.07) is 2.40. The molecule has 4 rings (SSSR count). The van der Waals surface area contributed by atoms with Crippen molar-refractivity contribution in [3.63, 3.8) is 0 Å². The van der Waals surface area contributed by atoms with E-state index in [1.165, 1.54) is 0 Å². The molecular weight excluding hydrogens is 394 g/mol. The highest BCUT2D eigenvalue weighted by atomic mass is 16.2. The quantitative estimate of drug-likeness (QED) is 0.811. The summed E-state index contributed by atoms with van der Waals surface area (Å²) >= 11 is 0. The highest BCUT2D eigenvalue weighted by Gasteiger charge is 2.31. The van der Waals surface area contributed by atoms with Gasteiger partial charge in [-0.2, -0.15) is 5.10 Å². The Morgan fingerprint density at radius 2 is 1.97 bits per heavy atom. The molecule has 0 radical (unpaired) electrons. The minimum Gasteiger partial charge on any atom is -0.353 e. The van der Waals surface area contributed by atoms with Gasteiger partial charge in [-0.15, -0.1) is 0 Å². The summed E-state index contributed by atoms with van der Waals surface area (Å²) in [5.41, 5.74) is 1.86. The summed E-state index contributed by atoms with van der Waals surface area (Å²) < 4.78 is 2.03. The number of piperidine rings is 1. The molecule has 0 spiro atoms. The normalized spacial score (nSPS) is 23.9. The van der Waals surface area contributed by atoms with Gasteiger partial charge in [0.2, 0.25) is 5.91 Å². The van der Waals surface area contributed by atoms with Crippen LogP contribution in [0.4, 0.5) is 4.79 Å². The van der Waals surface area contributed by atoms with E-state index >= 15 is 0 Å². The molecule has 1 aliphatic heterocycles. The molecule has 9 nitrogen and oxygen atoms in total. The Balaban J connectivity index is 1.27. The molecule has 9 heteroatoms. The molecular formula is C22H31N7O2. The van der Waals surface area contributed by atoms with E-state index in [1.54, 1.807) is 36.4 Å². The third kappa shape index (κ3) is 5.03. The monoisotopic (exact) mass is 425 g/mol. The molecule has 0 bridgehead atoms. The topological polar surface area (TPSA) is 96.2 Å². The second kappa shape index (κ2) is 9.45. The molecule has 1 N–H and O–H groups in total. The molecule has 2 fully saturated rings. The van der Waals surface area contributed by atoms with Gasteiger partial charge >= 0.3 is 6.03 Å². The van der Waals surface area contributed by atoms with Gasteiger partial charge < -0.3 is 15.1 Å². The largest absolute Gasteiger partial charge is 0.353 e. The molecule has 1 atom stereocenters. The Morgan fingerprint density at radius 1 is 1.16 bits per heavy atom. The molecule has 1 saturated heterocycles. The zero-order valence-electron chi connectivity index (χ0n) is 18.3. The first-order valence-corrected chi connectivity index (χ1v) is 11.1. The van der Waals surface area contributed by atoms with Gasteiger partial charge in [0.25, 0.3) is 0 Å². The summed E-state index contributed by atoms with van der Waals surface area (Å²) in [7, 11) is 3.50. The number of carbonyl (C=O) groups excluding carboxylic acids is 2. The number of likely N-dealkylation sites (tertiary alicyclic amines) is 1. The van der Waals surface area contributed by atoms with Crippen molar-refractivity contribution in [3.05, 3.63) is 31.0 Å². The number of hydrogen-bond acceptors (Lipinski definition) is 5. The maximum absolute atomic E-state index is 12.8. The zero-order chi connectivity index (χ0) is 21.8. The number of nitrogens with zero attached hydrogens (tertiary/aromatic N) is 6. The summed E-state index contributed by atoms with van der Waals surface area (Å²) in [6.07, 6.45) is 12.7. The van der Waals surface area contributed by atoms with Crippen LogP contribution in [-0.2, 0) is 4.79 Å². The molecule has 3 heterocycles.